The molecular weight excluding hydrogens is 388 g/mol. The summed E-state index contributed by atoms with van der Waals surface area (Å²) in [6.45, 7) is 2.36. The Bertz CT molecular complexity index is 1080. The second kappa shape index (κ2) is 7.89. The molecule has 29 heavy (non-hydrogen) atoms. The number of thiazole rings is 1. The summed E-state index contributed by atoms with van der Waals surface area (Å²) in [6, 6.07) is 15.1. The molecule has 1 fully saturated rings. The average Bonchev–Trinajstić information content (AvgIpc) is 3.36. The van der Waals surface area contributed by atoms with Gasteiger partial charge in [0.1, 0.15) is 11.5 Å². The number of nitrogens with zero attached hydrogens (tertiary/aromatic N) is 2. The molecule has 4 rings (SSSR count). The molecule has 1 aliphatic rings. The number of ketones is 1. The van der Waals surface area contributed by atoms with Crippen molar-refractivity contribution in [2.24, 2.45) is 0 Å². The van der Waals surface area contributed by atoms with E-state index in [0.717, 1.165) is 0 Å². The van der Waals surface area contributed by atoms with Crippen LogP contribution < -0.4 is 9.64 Å². The first-order chi connectivity index (χ1) is 14.1. The van der Waals surface area contributed by atoms with Gasteiger partial charge < -0.3 is 9.84 Å². The second-order valence-electron chi connectivity index (χ2n) is 6.36. The van der Waals surface area contributed by atoms with E-state index in [2.05, 4.69) is 4.98 Å². The zero-order valence-corrected chi connectivity index (χ0v) is 16.4. The Labute approximate surface area is 171 Å². The number of benzene rings is 2. The van der Waals surface area contributed by atoms with Crippen molar-refractivity contribution in [2.45, 2.75) is 13.0 Å². The first-order valence-electron chi connectivity index (χ1n) is 9.10. The maximum Gasteiger partial charge on any atom is 0.301 e. The van der Waals surface area contributed by atoms with Crippen molar-refractivity contribution < 1.29 is 19.4 Å². The standard InChI is InChI=1S/C22H18N2O4S/c1-2-28-16-10-6-9-15(13-16)18-17(19(25)14-7-4-3-5-8-14)20(26)21(27)24(18)22-23-11-12-29-22/h3-13,18,25H,2H2,1H3/b19-17+. The van der Waals surface area contributed by atoms with Crippen LogP contribution in [0.3, 0.4) is 0 Å². The molecular formula is C22H18N2O4S. The van der Waals surface area contributed by atoms with Crippen LogP contribution in [-0.2, 0) is 9.59 Å². The molecule has 0 radical (unpaired) electrons. The summed E-state index contributed by atoms with van der Waals surface area (Å²) in [5, 5.41) is 13.1. The van der Waals surface area contributed by atoms with Crippen LogP contribution in [0.4, 0.5) is 5.13 Å². The quantitative estimate of drug-likeness (QED) is 0.391. The van der Waals surface area contributed by atoms with Gasteiger partial charge in [0.05, 0.1) is 18.2 Å². The summed E-state index contributed by atoms with van der Waals surface area (Å²) in [7, 11) is 0. The molecule has 146 valence electrons. The van der Waals surface area contributed by atoms with Crippen LogP contribution in [0.2, 0.25) is 0 Å². The third-order valence-corrected chi connectivity index (χ3v) is 5.37. The number of Topliss-reactive ketones (excluding diaryl/α,β-unsaturated/α-hetero) is 1. The van der Waals surface area contributed by atoms with Crippen LogP contribution in [0, 0.1) is 0 Å². The molecule has 2 aromatic carbocycles. The molecule has 0 bridgehead atoms. The summed E-state index contributed by atoms with van der Waals surface area (Å²) in [5.41, 5.74) is 1.16. The van der Waals surface area contributed by atoms with Crippen molar-refractivity contribution in [3.63, 3.8) is 0 Å². The van der Waals surface area contributed by atoms with Crippen LogP contribution in [0.15, 0.2) is 71.7 Å². The molecule has 0 spiro atoms. The molecule has 3 aromatic rings. The molecule has 6 nitrogen and oxygen atoms in total. The van der Waals surface area contributed by atoms with E-state index in [9.17, 15) is 14.7 Å². The van der Waals surface area contributed by atoms with Gasteiger partial charge in [0.15, 0.2) is 5.13 Å². The van der Waals surface area contributed by atoms with E-state index in [-0.39, 0.29) is 11.3 Å². The number of aliphatic hydroxyl groups is 1. The molecule has 1 aromatic heterocycles. The van der Waals surface area contributed by atoms with Gasteiger partial charge in [-0.2, -0.15) is 0 Å². The first kappa shape index (κ1) is 18.9. The highest BCUT2D eigenvalue weighted by Gasteiger charge is 2.48. The van der Waals surface area contributed by atoms with Crippen LogP contribution >= 0.6 is 11.3 Å². The number of rotatable bonds is 5. The fourth-order valence-corrected chi connectivity index (χ4v) is 4.04. The highest BCUT2D eigenvalue weighted by molar-refractivity contribution is 7.14. The van der Waals surface area contributed by atoms with Gasteiger partial charge in [-0.1, -0.05) is 42.5 Å². The SMILES string of the molecule is CCOc1cccc(C2/C(=C(\O)c3ccccc3)C(=O)C(=O)N2c2nccs2)c1. The molecule has 7 heteroatoms. The van der Waals surface area contributed by atoms with E-state index in [0.29, 0.717) is 28.6 Å². The molecule has 0 aliphatic carbocycles. The monoisotopic (exact) mass is 406 g/mol. The van der Waals surface area contributed by atoms with E-state index in [1.54, 1.807) is 60.1 Å². The summed E-state index contributed by atoms with van der Waals surface area (Å²) in [4.78, 5) is 31.4. The maximum absolute atomic E-state index is 13.0. The Morgan fingerprint density at radius 1 is 1.17 bits per heavy atom. The van der Waals surface area contributed by atoms with Crippen molar-refractivity contribution in [3.8, 4) is 5.75 Å². The van der Waals surface area contributed by atoms with E-state index >= 15 is 0 Å². The fraction of sp³-hybridized carbons (Fsp3) is 0.136. The molecule has 1 unspecified atom stereocenters. The van der Waals surface area contributed by atoms with Gasteiger partial charge in [0.25, 0.3) is 5.78 Å². The molecule has 2 heterocycles. The Kier molecular flexibility index (Phi) is 5.14. The van der Waals surface area contributed by atoms with Crippen LogP contribution in [-0.4, -0.2) is 28.4 Å². The van der Waals surface area contributed by atoms with Crippen molar-refractivity contribution in [3.05, 3.63) is 82.9 Å². The topological polar surface area (TPSA) is 79.7 Å². The number of aliphatic hydroxyl groups excluding tert-OH is 1. The normalized spacial score (nSPS) is 18.2. The van der Waals surface area contributed by atoms with Crippen molar-refractivity contribution in [1.29, 1.82) is 0 Å². The number of ether oxygens (including phenoxy) is 1. The average molecular weight is 406 g/mol. The summed E-state index contributed by atoms with van der Waals surface area (Å²) in [6.07, 6.45) is 1.57. The van der Waals surface area contributed by atoms with Gasteiger partial charge in [0, 0.05) is 17.1 Å². The number of anilines is 1. The number of carbonyl (C=O) groups excluding carboxylic acids is 2. The molecule has 1 aliphatic heterocycles. The lowest BCUT2D eigenvalue weighted by Gasteiger charge is -2.23. The lowest BCUT2D eigenvalue weighted by molar-refractivity contribution is -0.132. The summed E-state index contributed by atoms with van der Waals surface area (Å²) >= 11 is 1.25. The number of hydrogen-bond donors (Lipinski definition) is 1. The van der Waals surface area contributed by atoms with Gasteiger partial charge in [-0.3, -0.25) is 14.5 Å². The van der Waals surface area contributed by atoms with E-state index in [1.165, 1.54) is 16.2 Å². The van der Waals surface area contributed by atoms with Gasteiger partial charge in [-0.25, -0.2) is 4.98 Å². The van der Waals surface area contributed by atoms with Gasteiger partial charge in [0.2, 0.25) is 0 Å². The smallest absolute Gasteiger partial charge is 0.301 e. The minimum Gasteiger partial charge on any atom is -0.507 e. The third-order valence-electron chi connectivity index (χ3n) is 4.60. The Balaban J connectivity index is 1.92. The number of hydrogen-bond acceptors (Lipinski definition) is 6. The van der Waals surface area contributed by atoms with Crippen LogP contribution in [0.1, 0.15) is 24.1 Å². The lowest BCUT2D eigenvalue weighted by Crippen LogP contribution is -2.29. The van der Waals surface area contributed by atoms with Crippen molar-refractivity contribution in [2.75, 3.05) is 11.5 Å². The number of amides is 1. The minimum atomic E-state index is -0.804. The highest BCUT2D eigenvalue weighted by Crippen LogP contribution is 2.43. The predicted octanol–water partition coefficient (Wildman–Crippen LogP) is 4.17. The van der Waals surface area contributed by atoms with E-state index in [4.69, 9.17) is 4.74 Å². The van der Waals surface area contributed by atoms with Crippen molar-refractivity contribution in [1.82, 2.24) is 4.98 Å². The lowest BCUT2D eigenvalue weighted by atomic mass is 9.95. The van der Waals surface area contributed by atoms with Gasteiger partial charge in [-0.05, 0) is 24.6 Å². The summed E-state index contributed by atoms with van der Waals surface area (Å²) in [5.74, 6) is -1.05. The Morgan fingerprint density at radius 3 is 2.66 bits per heavy atom. The Hall–Kier alpha value is -3.45. The zero-order valence-electron chi connectivity index (χ0n) is 15.6. The molecule has 1 N–H and O–H groups in total. The summed E-state index contributed by atoms with van der Waals surface area (Å²) < 4.78 is 5.59. The molecule has 1 saturated heterocycles. The zero-order chi connectivity index (χ0) is 20.4. The highest BCUT2D eigenvalue weighted by atomic mass is 32.1. The molecule has 1 amide bonds. The first-order valence-corrected chi connectivity index (χ1v) is 9.98. The minimum absolute atomic E-state index is 0.0325. The van der Waals surface area contributed by atoms with Gasteiger partial charge >= 0.3 is 5.91 Å². The number of aromatic nitrogens is 1. The molecule has 0 saturated carbocycles. The van der Waals surface area contributed by atoms with E-state index < -0.39 is 17.7 Å². The largest absolute Gasteiger partial charge is 0.507 e. The van der Waals surface area contributed by atoms with E-state index in [1.807, 2.05) is 13.0 Å². The Morgan fingerprint density at radius 2 is 1.97 bits per heavy atom. The van der Waals surface area contributed by atoms with Gasteiger partial charge in [-0.15, -0.1) is 11.3 Å². The second-order valence-corrected chi connectivity index (χ2v) is 7.23. The van der Waals surface area contributed by atoms with Crippen LogP contribution in [0.5, 0.6) is 5.75 Å². The number of carbonyl (C=O) groups is 2. The van der Waals surface area contributed by atoms with Crippen molar-refractivity contribution >= 4 is 33.9 Å². The third kappa shape index (κ3) is 3.40. The maximum atomic E-state index is 13.0. The molecule has 1 atom stereocenters. The predicted molar refractivity (Wildman–Crippen MR) is 111 cm³/mol. The fourth-order valence-electron chi connectivity index (χ4n) is 3.37. The van der Waals surface area contributed by atoms with Crippen LogP contribution in [0.25, 0.3) is 5.76 Å².